The Bertz CT molecular complexity index is 632. The van der Waals surface area contributed by atoms with Crippen LogP contribution in [0.1, 0.15) is 5.56 Å². The lowest BCUT2D eigenvalue weighted by Gasteiger charge is -2.07. The smallest absolute Gasteiger partial charge is 0.230 e. The Balaban J connectivity index is 1.82. The fourth-order valence-corrected chi connectivity index (χ4v) is 2.45. The highest BCUT2D eigenvalue weighted by Gasteiger charge is 2.06. The van der Waals surface area contributed by atoms with Gasteiger partial charge in [-0.2, -0.15) is 0 Å². The predicted molar refractivity (Wildman–Crippen MR) is 79.8 cm³/mol. The fraction of sp³-hybridized carbons (Fsp3) is 0.133. The van der Waals surface area contributed by atoms with Crippen LogP contribution in [0.25, 0.3) is 0 Å². The van der Waals surface area contributed by atoms with E-state index in [0.29, 0.717) is 17.1 Å². The van der Waals surface area contributed by atoms with Crippen molar-refractivity contribution in [2.45, 2.75) is 11.4 Å². The lowest BCUT2D eigenvalue weighted by atomic mass is 10.2. The minimum absolute atomic E-state index is 0.134. The summed E-state index contributed by atoms with van der Waals surface area (Å²) in [6.07, 6.45) is 0. The maximum Gasteiger partial charge on any atom is 0.230 e. The molecule has 0 saturated heterocycles. The highest BCUT2D eigenvalue weighted by atomic mass is 32.2. The number of nitrogens with one attached hydrogen (secondary N) is 1. The summed E-state index contributed by atoms with van der Waals surface area (Å²) in [4.78, 5) is 12.2. The van der Waals surface area contributed by atoms with Crippen LogP contribution in [0.15, 0.2) is 47.4 Å². The Kier molecular flexibility index (Phi) is 5.16. The molecule has 0 aromatic heterocycles. The Morgan fingerprint density at radius 1 is 1.10 bits per heavy atom. The summed E-state index contributed by atoms with van der Waals surface area (Å²) >= 11 is 1.17. The summed E-state index contributed by atoms with van der Waals surface area (Å²) in [7, 11) is 0. The molecule has 110 valence electrons. The van der Waals surface area contributed by atoms with Crippen LogP contribution in [0.2, 0.25) is 0 Å². The number of hydrogen-bond acceptors (Lipinski definition) is 3. The Morgan fingerprint density at radius 2 is 1.76 bits per heavy atom. The van der Waals surface area contributed by atoms with Crippen molar-refractivity contribution in [1.29, 1.82) is 0 Å². The zero-order chi connectivity index (χ0) is 15.2. The first-order valence-electron chi connectivity index (χ1n) is 6.23. The minimum atomic E-state index is -0.390. The summed E-state index contributed by atoms with van der Waals surface area (Å²) in [6.45, 7) is 0.318. The molecule has 3 nitrogen and oxygen atoms in total. The van der Waals surface area contributed by atoms with Crippen LogP contribution < -0.4 is 11.1 Å². The van der Waals surface area contributed by atoms with Crippen LogP contribution in [0, 0.1) is 11.6 Å². The summed E-state index contributed by atoms with van der Waals surface area (Å²) in [5.74, 6) is -0.775. The van der Waals surface area contributed by atoms with Gasteiger partial charge in [-0.3, -0.25) is 4.79 Å². The maximum absolute atomic E-state index is 13.1. The molecule has 0 radical (unpaired) electrons. The first kappa shape index (κ1) is 15.3. The highest BCUT2D eigenvalue weighted by Crippen LogP contribution is 2.25. The van der Waals surface area contributed by atoms with Gasteiger partial charge in [0.1, 0.15) is 11.6 Å². The lowest BCUT2D eigenvalue weighted by Crippen LogP contribution is -2.24. The van der Waals surface area contributed by atoms with Gasteiger partial charge in [0.15, 0.2) is 0 Å². The average Bonchev–Trinajstić information content (AvgIpc) is 2.47. The number of nitrogen functional groups attached to an aromatic ring is 1. The number of thioether (sulfide) groups is 1. The van der Waals surface area contributed by atoms with Crippen molar-refractivity contribution in [1.82, 2.24) is 5.32 Å². The Labute approximate surface area is 125 Å². The van der Waals surface area contributed by atoms with Gasteiger partial charge in [0, 0.05) is 17.1 Å². The van der Waals surface area contributed by atoms with E-state index >= 15 is 0 Å². The van der Waals surface area contributed by atoms with Crippen molar-refractivity contribution in [2.24, 2.45) is 0 Å². The van der Waals surface area contributed by atoms with E-state index < -0.39 is 5.82 Å². The van der Waals surface area contributed by atoms with Crippen molar-refractivity contribution in [3.05, 3.63) is 59.7 Å². The molecule has 0 spiro atoms. The molecule has 2 aromatic carbocycles. The SMILES string of the molecule is Nc1ccc(F)cc1SCC(=O)NCc1ccc(F)cc1. The van der Waals surface area contributed by atoms with Gasteiger partial charge in [-0.15, -0.1) is 11.8 Å². The van der Waals surface area contributed by atoms with Crippen molar-refractivity contribution in [2.75, 3.05) is 11.5 Å². The van der Waals surface area contributed by atoms with Crippen molar-refractivity contribution >= 4 is 23.4 Å². The zero-order valence-electron chi connectivity index (χ0n) is 11.1. The first-order chi connectivity index (χ1) is 10.0. The van der Waals surface area contributed by atoms with E-state index in [9.17, 15) is 13.6 Å². The number of benzene rings is 2. The molecular weight excluding hydrogens is 294 g/mol. The summed E-state index contributed by atoms with van der Waals surface area (Å²) in [5.41, 5.74) is 6.94. The van der Waals surface area contributed by atoms with Gasteiger partial charge >= 0.3 is 0 Å². The number of anilines is 1. The molecule has 0 saturated carbocycles. The molecule has 2 rings (SSSR count). The van der Waals surface area contributed by atoms with Crippen LogP contribution >= 0.6 is 11.8 Å². The van der Waals surface area contributed by atoms with Gasteiger partial charge < -0.3 is 11.1 Å². The van der Waals surface area contributed by atoms with E-state index in [1.54, 1.807) is 12.1 Å². The average molecular weight is 308 g/mol. The molecule has 2 aromatic rings. The topological polar surface area (TPSA) is 55.1 Å². The van der Waals surface area contributed by atoms with Gasteiger partial charge in [0.2, 0.25) is 5.91 Å². The van der Waals surface area contributed by atoms with Crippen LogP contribution in [0.4, 0.5) is 14.5 Å². The van der Waals surface area contributed by atoms with E-state index in [1.165, 1.54) is 42.1 Å². The van der Waals surface area contributed by atoms with Crippen molar-refractivity contribution < 1.29 is 13.6 Å². The molecule has 0 atom stereocenters. The number of amides is 1. The molecule has 0 aliphatic rings. The van der Waals surface area contributed by atoms with E-state index in [4.69, 9.17) is 5.73 Å². The minimum Gasteiger partial charge on any atom is -0.398 e. The number of hydrogen-bond donors (Lipinski definition) is 2. The number of carbonyl (C=O) groups is 1. The van der Waals surface area contributed by atoms with Crippen molar-refractivity contribution in [3.63, 3.8) is 0 Å². The monoisotopic (exact) mass is 308 g/mol. The van der Waals surface area contributed by atoms with Crippen LogP contribution in [-0.4, -0.2) is 11.7 Å². The first-order valence-corrected chi connectivity index (χ1v) is 7.22. The number of carbonyl (C=O) groups excluding carboxylic acids is 1. The van der Waals surface area contributed by atoms with E-state index in [2.05, 4.69) is 5.32 Å². The molecule has 21 heavy (non-hydrogen) atoms. The highest BCUT2D eigenvalue weighted by molar-refractivity contribution is 8.00. The molecular formula is C15H14F2N2OS. The summed E-state index contributed by atoms with van der Waals surface area (Å²) in [5, 5.41) is 2.71. The summed E-state index contributed by atoms with van der Waals surface area (Å²) < 4.78 is 25.8. The zero-order valence-corrected chi connectivity index (χ0v) is 11.9. The van der Waals surface area contributed by atoms with E-state index in [-0.39, 0.29) is 17.5 Å². The van der Waals surface area contributed by atoms with Crippen LogP contribution in [0.5, 0.6) is 0 Å². The predicted octanol–water partition coefficient (Wildman–Crippen LogP) is 2.96. The maximum atomic E-state index is 13.1. The Morgan fingerprint density at radius 3 is 2.48 bits per heavy atom. The van der Waals surface area contributed by atoms with E-state index in [1.807, 2.05) is 0 Å². The summed E-state index contributed by atoms with van der Waals surface area (Å²) in [6, 6.07) is 9.92. The van der Waals surface area contributed by atoms with Gasteiger partial charge in [0.25, 0.3) is 0 Å². The van der Waals surface area contributed by atoms with Crippen molar-refractivity contribution in [3.8, 4) is 0 Å². The van der Waals surface area contributed by atoms with Gasteiger partial charge in [-0.05, 0) is 35.9 Å². The third kappa shape index (κ3) is 4.75. The molecule has 0 unspecified atom stereocenters. The number of rotatable bonds is 5. The Hall–Kier alpha value is -2.08. The van der Waals surface area contributed by atoms with Gasteiger partial charge in [-0.25, -0.2) is 8.78 Å². The molecule has 0 fully saturated rings. The fourth-order valence-electron chi connectivity index (χ4n) is 1.63. The largest absolute Gasteiger partial charge is 0.398 e. The van der Waals surface area contributed by atoms with Gasteiger partial charge in [-0.1, -0.05) is 12.1 Å². The van der Waals surface area contributed by atoms with E-state index in [0.717, 1.165) is 5.56 Å². The second-order valence-corrected chi connectivity index (χ2v) is 5.39. The third-order valence-corrected chi connectivity index (χ3v) is 3.81. The quantitative estimate of drug-likeness (QED) is 0.659. The molecule has 0 aliphatic heterocycles. The molecule has 0 bridgehead atoms. The molecule has 6 heteroatoms. The molecule has 3 N–H and O–H groups in total. The molecule has 0 heterocycles. The molecule has 1 amide bonds. The lowest BCUT2D eigenvalue weighted by molar-refractivity contribution is -0.118. The normalized spacial score (nSPS) is 10.4. The van der Waals surface area contributed by atoms with Crippen LogP contribution in [0.3, 0.4) is 0 Å². The standard InChI is InChI=1S/C15H14F2N2OS/c16-11-3-1-10(2-4-11)8-19-15(20)9-21-14-7-12(17)5-6-13(14)18/h1-7H,8-9,18H2,(H,19,20). The number of halogens is 2. The van der Waals surface area contributed by atoms with Crippen LogP contribution in [-0.2, 0) is 11.3 Å². The second-order valence-electron chi connectivity index (χ2n) is 4.37. The van der Waals surface area contributed by atoms with Gasteiger partial charge in [0.05, 0.1) is 5.75 Å². The molecule has 0 aliphatic carbocycles. The number of nitrogens with two attached hydrogens (primary N) is 1. The third-order valence-electron chi connectivity index (χ3n) is 2.74. The second kappa shape index (κ2) is 7.08.